The van der Waals surface area contributed by atoms with Gasteiger partial charge in [0.15, 0.2) is 0 Å². The standard InChI is InChI=1S/C11H14O/c1-4-5-12-11-7-9(2)6-10(3)8-11/h4-8H,1-3H3/b5-4-. The van der Waals surface area contributed by atoms with Crippen LogP contribution in [0.25, 0.3) is 0 Å². The van der Waals surface area contributed by atoms with E-state index in [1.54, 1.807) is 6.26 Å². The van der Waals surface area contributed by atoms with E-state index < -0.39 is 0 Å². The summed E-state index contributed by atoms with van der Waals surface area (Å²) in [6.07, 6.45) is 3.56. The van der Waals surface area contributed by atoms with Gasteiger partial charge in [-0.3, -0.25) is 0 Å². The summed E-state index contributed by atoms with van der Waals surface area (Å²) in [5.41, 5.74) is 2.46. The molecule has 1 nitrogen and oxygen atoms in total. The summed E-state index contributed by atoms with van der Waals surface area (Å²) in [5, 5.41) is 0. The molecular weight excluding hydrogens is 148 g/mol. The molecule has 0 unspecified atom stereocenters. The summed E-state index contributed by atoms with van der Waals surface area (Å²) in [7, 11) is 0. The Morgan fingerprint density at radius 1 is 1.08 bits per heavy atom. The fraction of sp³-hybridized carbons (Fsp3) is 0.273. The van der Waals surface area contributed by atoms with E-state index in [2.05, 4.69) is 19.9 Å². The second kappa shape index (κ2) is 3.96. The number of rotatable bonds is 2. The Kier molecular flexibility index (Phi) is 2.92. The predicted octanol–water partition coefficient (Wildman–Crippen LogP) is 3.22. The average molecular weight is 162 g/mol. The second-order valence-corrected chi connectivity index (χ2v) is 2.91. The van der Waals surface area contributed by atoms with E-state index in [1.165, 1.54) is 11.1 Å². The van der Waals surface area contributed by atoms with Gasteiger partial charge in [-0.25, -0.2) is 0 Å². The molecule has 0 spiro atoms. The van der Waals surface area contributed by atoms with Crippen LogP contribution in [0.4, 0.5) is 0 Å². The van der Waals surface area contributed by atoms with Crippen LogP contribution in [0.5, 0.6) is 5.75 Å². The maximum atomic E-state index is 5.34. The summed E-state index contributed by atoms with van der Waals surface area (Å²) in [6, 6.07) is 6.17. The molecular formula is C11H14O. The van der Waals surface area contributed by atoms with Gasteiger partial charge in [0, 0.05) is 0 Å². The molecule has 0 heterocycles. The van der Waals surface area contributed by atoms with E-state index in [4.69, 9.17) is 4.74 Å². The molecule has 0 aliphatic rings. The molecule has 1 rings (SSSR count). The topological polar surface area (TPSA) is 9.23 Å². The minimum Gasteiger partial charge on any atom is -0.465 e. The lowest BCUT2D eigenvalue weighted by atomic mass is 10.1. The van der Waals surface area contributed by atoms with Gasteiger partial charge >= 0.3 is 0 Å². The molecule has 0 saturated heterocycles. The molecule has 0 bridgehead atoms. The fourth-order valence-corrected chi connectivity index (χ4v) is 1.15. The van der Waals surface area contributed by atoms with E-state index in [-0.39, 0.29) is 0 Å². The lowest BCUT2D eigenvalue weighted by Gasteiger charge is -2.02. The predicted molar refractivity (Wildman–Crippen MR) is 51.4 cm³/mol. The molecule has 0 saturated carbocycles. The van der Waals surface area contributed by atoms with Crippen LogP contribution in [-0.4, -0.2) is 0 Å². The van der Waals surface area contributed by atoms with Gasteiger partial charge in [0.2, 0.25) is 0 Å². The Morgan fingerprint density at radius 2 is 1.67 bits per heavy atom. The van der Waals surface area contributed by atoms with Crippen LogP contribution in [0.3, 0.4) is 0 Å². The summed E-state index contributed by atoms with van der Waals surface area (Å²) in [6.45, 7) is 6.06. The average Bonchev–Trinajstić information content (AvgIpc) is 1.99. The molecule has 64 valence electrons. The molecule has 1 heteroatoms. The molecule has 12 heavy (non-hydrogen) atoms. The number of hydrogen-bond donors (Lipinski definition) is 0. The molecule has 0 N–H and O–H groups in total. The molecule has 0 radical (unpaired) electrons. The van der Waals surface area contributed by atoms with E-state index >= 15 is 0 Å². The quantitative estimate of drug-likeness (QED) is 0.607. The molecule has 0 aromatic heterocycles. The van der Waals surface area contributed by atoms with Crippen molar-refractivity contribution in [3.63, 3.8) is 0 Å². The first-order valence-electron chi connectivity index (χ1n) is 4.08. The normalized spacial score (nSPS) is 10.6. The first kappa shape index (κ1) is 8.85. The molecule has 0 aliphatic carbocycles. The number of ether oxygens (including phenoxy) is 1. The van der Waals surface area contributed by atoms with E-state index in [1.807, 2.05) is 25.1 Å². The molecule has 1 aromatic carbocycles. The molecule has 0 fully saturated rings. The van der Waals surface area contributed by atoms with Crippen molar-refractivity contribution in [1.29, 1.82) is 0 Å². The van der Waals surface area contributed by atoms with Crippen LogP contribution in [-0.2, 0) is 0 Å². The zero-order valence-corrected chi connectivity index (χ0v) is 7.79. The highest BCUT2D eigenvalue weighted by Gasteiger charge is 1.93. The van der Waals surface area contributed by atoms with Crippen molar-refractivity contribution in [2.75, 3.05) is 0 Å². The van der Waals surface area contributed by atoms with E-state index in [9.17, 15) is 0 Å². The Labute approximate surface area is 73.7 Å². The van der Waals surface area contributed by atoms with Gasteiger partial charge in [0.1, 0.15) is 5.75 Å². The third-order valence-electron chi connectivity index (χ3n) is 1.54. The van der Waals surface area contributed by atoms with Crippen molar-refractivity contribution in [3.8, 4) is 5.75 Å². The van der Waals surface area contributed by atoms with Gasteiger partial charge < -0.3 is 4.74 Å². The van der Waals surface area contributed by atoms with Gasteiger partial charge in [0.05, 0.1) is 6.26 Å². The lowest BCUT2D eigenvalue weighted by molar-refractivity contribution is 0.479. The molecule has 0 aliphatic heterocycles. The van der Waals surface area contributed by atoms with Crippen LogP contribution in [0.2, 0.25) is 0 Å². The SMILES string of the molecule is C/C=C\Oc1cc(C)cc(C)c1. The van der Waals surface area contributed by atoms with Crippen molar-refractivity contribution in [1.82, 2.24) is 0 Å². The maximum absolute atomic E-state index is 5.34. The Morgan fingerprint density at radius 3 is 2.17 bits per heavy atom. The highest BCUT2D eigenvalue weighted by molar-refractivity contribution is 5.33. The van der Waals surface area contributed by atoms with Crippen molar-refractivity contribution < 1.29 is 4.74 Å². The fourth-order valence-electron chi connectivity index (χ4n) is 1.15. The minimum absolute atomic E-state index is 0.908. The first-order chi connectivity index (χ1) is 5.72. The van der Waals surface area contributed by atoms with Crippen LogP contribution in [0.15, 0.2) is 30.5 Å². The third kappa shape index (κ3) is 2.42. The molecule has 0 atom stereocenters. The lowest BCUT2D eigenvalue weighted by Crippen LogP contribution is -1.84. The van der Waals surface area contributed by atoms with Crippen LogP contribution >= 0.6 is 0 Å². The monoisotopic (exact) mass is 162 g/mol. The number of benzene rings is 1. The maximum Gasteiger partial charge on any atom is 0.127 e. The van der Waals surface area contributed by atoms with Gasteiger partial charge in [-0.05, 0) is 44.0 Å². The third-order valence-corrected chi connectivity index (χ3v) is 1.54. The van der Waals surface area contributed by atoms with E-state index in [0.717, 1.165) is 5.75 Å². The van der Waals surface area contributed by atoms with Crippen molar-refractivity contribution in [3.05, 3.63) is 41.7 Å². The minimum atomic E-state index is 0.908. The number of allylic oxidation sites excluding steroid dienone is 1. The first-order valence-corrected chi connectivity index (χ1v) is 4.08. The second-order valence-electron chi connectivity index (χ2n) is 2.91. The van der Waals surface area contributed by atoms with Crippen LogP contribution < -0.4 is 4.74 Å². The highest BCUT2D eigenvalue weighted by Crippen LogP contribution is 2.16. The zero-order valence-electron chi connectivity index (χ0n) is 7.79. The summed E-state index contributed by atoms with van der Waals surface area (Å²) >= 11 is 0. The number of aryl methyl sites for hydroxylation is 2. The van der Waals surface area contributed by atoms with Gasteiger partial charge in [0.25, 0.3) is 0 Å². The van der Waals surface area contributed by atoms with Crippen molar-refractivity contribution in [2.24, 2.45) is 0 Å². The van der Waals surface area contributed by atoms with Crippen LogP contribution in [0, 0.1) is 13.8 Å². The van der Waals surface area contributed by atoms with Crippen molar-refractivity contribution >= 4 is 0 Å². The number of hydrogen-bond acceptors (Lipinski definition) is 1. The van der Waals surface area contributed by atoms with Gasteiger partial charge in [-0.2, -0.15) is 0 Å². The summed E-state index contributed by atoms with van der Waals surface area (Å²) < 4.78 is 5.34. The van der Waals surface area contributed by atoms with E-state index in [0.29, 0.717) is 0 Å². The van der Waals surface area contributed by atoms with Gasteiger partial charge in [-0.1, -0.05) is 12.1 Å². The zero-order chi connectivity index (χ0) is 8.97. The summed E-state index contributed by atoms with van der Waals surface area (Å²) in [4.78, 5) is 0. The van der Waals surface area contributed by atoms with Crippen molar-refractivity contribution in [2.45, 2.75) is 20.8 Å². The molecule has 1 aromatic rings. The van der Waals surface area contributed by atoms with Gasteiger partial charge in [-0.15, -0.1) is 0 Å². The Balaban J connectivity index is 2.85. The molecule has 0 amide bonds. The largest absolute Gasteiger partial charge is 0.465 e. The summed E-state index contributed by atoms with van der Waals surface area (Å²) in [5.74, 6) is 0.908. The smallest absolute Gasteiger partial charge is 0.127 e. The Hall–Kier alpha value is -1.24. The Bertz CT molecular complexity index is 267. The highest BCUT2D eigenvalue weighted by atomic mass is 16.5. The van der Waals surface area contributed by atoms with Crippen LogP contribution in [0.1, 0.15) is 18.1 Å².